The molecule has 9 heteroatoms. The summed E-state index contributed by atoms with van der Waals surface area (Å²) in [4.78, 5) is 12.9. The van der Waals surface area contributed by atoms with Crippen molar-refractivity contribution in [3.8, 4) is 11.5 Å². The van der Waals surface area contributed by atoms with Gasteiger partial charge in [-0.25, -0.2) is 8.42 Å². The molecule has 0 bridgehead atoms. The Kier molecular flexibility index (Phi) is 8.79. The number of amides is 1. The summed E-state index contributed by atoms with van der Waals surface area (Å²) in [6.45, 7) is 4.57. The van der Waals surface area contributed by atoms with Gasteiger partial charge in [-0.1, -0.05) is 35.9 Å². The van der Waals surface area contributed by atoms with Crippen LogP contribution in [0.3, 0.4) is 0 Å². The van der Waals surface area contributed by atoms with Crippen molar-refractivity contribution in [2.75, 3.05) is 24.1 Å². The zero-order valence-corrected chi connectivity index (χ0v) is 20.6. The fourth-order valence-electron chi connectivity index (χ4n) is 3.24. The van der Waals surface area contributed by atoms with Crippen molar-refractivity contribution < 1.29 is 22.7 Å². The molecule has 1 amide bonds. The number of ether oxygens (including phenoxy) is 2. The zero-order chi connectivity index (χ0) is 24.6. The molecule has 0 spiro atoms. The van der Waals surface area contributed by atoms with Crippen molar-refractivity contribution in [1.29, 1.82) is 0 Å². The molecule has 0 saturated carbocycles. The van der Waals surface area contributed by atoms with Gasteiger partial charge in [-0.3, -0.25) is 9.10 Å². The van der Waals surface area contributed by atoms with E-state index < -0.39 is 15.9 Å². The third kappa shape index (κ3) is 6.42. The second kappa shape index (κ2) is 11.8. The van der Waals surface area contributed by atoms with Crippen LogP contribution in [-0.4, -0.2) is 34.1 Å². The van der Waals surface area contributed by atoms with Crippen LogP contribution in [-0.2, 0) is 21.4 Å². The normalized spacial score (nSPS) is 11.0. The predicted molar refractivity (Wildman–Crippen MR) is 133 cm³/mol. The van der Waals surface area contributed by atoms with E-state index in [4.69, 9.17) is 21.1 Å². The third-order valence-corrected chi connectivity index (χ3v) is 6.87. The molecule has 0 aliphatic carbocycles. The van der Waals surface area contributed by atoms with Crippen LogP contribution in [0, 0.1) is 0 Å². The number of anilines is 1. The number of halogens is 1. The molecule has 0 aromatic heterocycles. The van der Waals surface area contributed by atoms with Crippen LogP contribution in [0.4, 0.5) is 5.69 Å². The molecule has 34 heavy (non-hydrogen) atoms. The van der Waals surface area contributed by atoms with E-state index in [-0.39, 0.29) is 18.0 Å². The van der Waals surface area contributed by atoms with E-state index in [2.05, 4.69) is 5.32 Å². The Hall–Kier alpha value is -3.23. The monoisotopic (exact) mass is 502 g/mol. The lowest BCUT2D eigenvalue weighted by Crippen LogP contribution is -2.40. The molecule has 0 saturated heterocycles. The fourth-order valence-corrected chi connectivity index (χ4v) is 4.78. The molecule has 0 unspecified atom stereocenters. The molecule has 3 aromatic carbocycles. The topological polar surface area (TPSA) is 84.9 Å². The maximum Gasteiger partial charge on any atom is 0.264 e. The minimum atomic E-state index is -4.00. The first-order valence-electron chi connectivity index (χ1n) is 10.8. The lowest BCUT2D eigenvalue weighted by Gasteiger charge is -2.24. The Balaban J connectivity index is 1.78. The maximum atomic E-state index is 13.3. The van der Waals surface area contributed by atoms with Crippen molar-refractivity contribution in [2.45, 2.75) is 25.3 Å². The Labute approximate surface area is 205 Å². The molecule has 0 heterocycles. The summed E-state index contributed by atoms with van der Waals surface area (Å²) in [5, 5.41) is 3.21. The molecular weight excluding hydrogens is 476 g/mol. The van der Waals surface area contributed by atoms with E-state index >= 15 is 0 Å². The number of sulfonamides is 1. The van der Waals surface area contributed by atoms with Crippen molar-refractivity contribution in [2.24, 2.45) is 0 Å². The van der Waals surface area contributed by atoms with Gasteiger partial charge in [-0.05, 0) is 67.9 Å². The van der Waals surface area contributed by atoms with E-state index in [1.165, 1.54) is 24.3 Å². The molecule has 3 rings (SSSR count). The first kappa shape index (κ1) is 25.4. The number of nitrogens with one attached hydrogen (secondary N) is 1. The SMILES string of the molecule is CCOc1ccc(CNC(=O)CN(c2ccccc2)S(=O)(=O)c2ccc(Cl)cc2)cc1OCC. The average Bonchev–Trinajstić information content (AvgIpc) is 2.83. The van der Waals surface area contributed by atoms with Crippen LogP contribution in [0.5, 0.6) is 11.5 Å². The molecule has 180 valence electrons. The van der Waals surface area contributed by atoms with Crippen LogP contribution in [0.25, 0.3) is 0 Å². The van der Waals surface area contributed by atoms with Crippen LogP contribution in [0.2, 0.25) is 5.02 Å². The van der Waals surface area contributed by atoms with Gasteiger partial charge in [0.05, 0.1) is 23.8 Å². The third-order valence-electron chi connectivity index (χ3n) is 4.83. The van der Waals surface area contributed by atoms with Gasteiger partial charge in [0.25, 0.3) is 10.0 Å². The molecule has 0 aliphatic heterocycles. The van der Waals surface area contributed by atoms with E-state index in [9.17, 15) is 13.2 Å². The molecule has 0 atom stereocenters. The van der Waals surface area contributed by atoms with Gasteiger partial charge in [-0.2, -0.15) is 0 Å². The van der Waals surface area contributed by atoms with Gasteiger partial charge in [0.2, 0.25) is 5.91 Å². The number of para-hydroxylation sites is 1. The summed E-state index contributed by atoms with van der Waals surface area (Å²) in [6, 6.07) is 19.7. The summed E-state index contributed by atoms with van der Waals surface area (Å²) in [6.07, 6.45) is 0. The van der Waals surface area contributed by atoms with Crippen LogP contribution >= 0.6 is 11.6 Å². The minimum absolute atomic E-state index is 0.0430. The first-order valence-corrected chi connectivity index (χ1v) is 12.7. The quantitative estimate of drug-likeness (QED) is 0.412. The second-order valence-electron chi connectivity index (χ2n) is 7.22. The van der Waals surface area contributed by atoms with Crippen LogP contribution < -0.4 is 19.1 Å². The second-order valence-corrected chi connectivity index (χ2v) is 9.52. The highest BCUT2D eigenvalue weighted by Gasteiger charge is 2.27. The summed E-state index contributed by atoms with van der Waals surface area (Å²) in [7, 11) is -4.00. The first-order chi connectivity index (χ1) is 16.3. The van der Waals surface area contributed by atoms with Crippen molar-refractivity contribution in [3.05, 3.63) is 83.4 Å². The van der Waals surface area contributed by atoms with Gasteiger partial charge in [-0.15, -0.1) is 0 Å². The Morgan fingerprint density at radius 1 is 0.912 bits per heavy atom. The van der Waals surface area contributed by atoms with Gasteiger partial charge in [0.1, 0.15) is 6.54 Å². The fraction of sp³-hybridized carbons (Fsp3) is 0.240. The van der Waals surface area contributed by atoms with Gasteiger partial charge < -0.3 is 14.8 Å². The molecule has 1 N–H and O–H groups in total. The summed E-state index contributed by atoms with van der Waals surface area (Å²) < 4.78 is 39.0. The van der Waals surface area contributed by atoms with Crippen molar-refractivity contribution in [1.82, 2.24) is 5.32 Å². The molecule has 0 radical (unpaired) electrons. The average molecular weight is 503 g/mol. The Morgan fingerprint density at radius 3 is 2.21 bits per heavy atom. The highest BCUT2D eigenvalue weighted by molar-refractivity contribution is 7.92. The Bertz CT molecular complexity index is 1200. The molecule has 3 aromatic rings. The Morgan fingerprint density at radius 2 is 1.56 bits per heavy atom. The lowest BCUT2D eigenvalue weighted by molar-refractivity contribution is -0.119. The highest BCUT2D eigenvalue weighted by atomic mass is 35.5. The standard InChI is InChI=1S/C25H27ClN2O5S/c1-3-32-23-15-10-19(16-24(23)33-4-2)17-27-25(29)18-28(21-8-6-5-7-9-21)34(30,31)22-13-11-20(26)12-14-22/h5-16H,3-4,17-18H2,1-2H3,(H,27,29). The number of benzene rings is 3. The molecular formula is C25H27ClN2O5S. The smallest absolute Gasteiger partial charge is 0.264 e. The minimum Gasteiger partial charge on any atom is -0.490 e. The van der Waals surface area contributed by atoms with Gasteiger partial charge in [0.15, 0.2) is 11.5 Å². The number of carbonyl (C=O) groups excluding carboxylic acids is 1. The van der Waals surface area contributed by atoms with Gasteiger partial charge in [0, 0.05) is 11.6 Å². The molecule has 7 nitrogen and oxygen atoms in total. The number of carbonyl (C=O) groups is 1. The summed E-state index contributed by atoms with van der Waals surface area (Å²) >= 11 is 5.91. The van der Waals surface area contributed by atoms with E-state index in [1.807, 2.05) is 19.9 Å². The number of nitrogens with zero attached hydrogens (tertiary/aromatic N) is 1. The summed E-state index contributed by atoms with van der Waals surface area (Å²) in [5.74, 6) is 0.768. The highest BCUT2D eigenvalue weighted by Crippen LogP contribution is 2.29. The summed E-state index contributed by atoms with van der Waals surface area (Å²) in [5.41, 5.74) is 1.18. The van der Waals surface area contributed by atoms with Crippen molar-refractivity contribution >= 4 is 33.2 Å². The largest absolute Gasteiger partial charge is 0.490 e. The number of hydrogen-bond donors (Lipinski definition) is 1. The number of rotatable bonds is 11. The molecule has 0 aliphatic rings. The van der Waals surface area contributed by atoms with Crippen LogP contribution in [0.15, 0.2) is 77.7 Å². The number of hydrogen-bond acceptors (Lipinski definition) is 5. The molecule has 0 fully saturated rings. The lowest BCUT2D eigenvalue weighted by atomic mass is 10.2. The van der Waals surface area contributed by atoms with E-state index in [0.29, 0.717) is 35.4 Å². The predicted octanol–water partition coefficient (Wildman–Crippen LogP) is 4.65. The van der Waals surface area contributed by atoms with Gasteiger partial charge >= 0.3 is 0 Å². The van der Waals surface area contributed by atoms with E-state index in [0.717, 1.165) is 9.87 Å². The zero-order valence-electron chi connectivity index (χ0n) is 19.0. The maximum absolute atomic E-state index is 13.3. The van der Waals surface area contributed by atoms with Crippen molar-refractivity contribution in [3.63, 3.8) is 0 Å². The van der Waals surface area contributed by atoms with Crippen LogP contribution in [0.1, 0.15) is 19.4 Å². The van der Waals surface area contributed by atoms with E-state index in [1.54, 1.807) is 42.5 Å².